The maximum atomic E-state index is 11.8. The van der Waals surface area contributed by atoms with Crippen LogP contribution in [0, 0.1) is 0 Å². The van der Waals surface area contributed by atoms with Crippen molar-refractivity contribution in [3.8, 4) is 0 Å². The van der Waals surface area contributed by atoms with Gasteiger partial charge in [-0.2, -0.15) is 0 Å². The molecular weight excluding hydrogens is 244 g/mol. The molecule has 0 radical (unpaired) electrons. The minimum atomic E-state index is -3.73. The second-order valence-corrected chi connectivity index (χ2v) is 5.24. The Bertz CT molecular complexity index is 539. The van der Waals surface area contributed by atoms with Crippen molar-refractivity contribution in [3.63, 3.8) is 0 Å². The van der Waals surface area contributed by atoms with Gasteiger partial charge in [-0.25, -0.2) is 13.4 Å². The summed E-state index contributed by atoms with van der Waals surface area (Å²) in [5, 5.41) is 1.27. The van der Waals surface area contributed by atoms with Gasteiger partial charge in [-0.1, -0.05) is 0 Å². The summed E-state index contributed by atoms with van der Waals surface area (Å²) < 4.78 is 23.6. The van der Waals surface area contributed by atoms with Crippen molar-refractivity contribution >= 4 is 21.6 Å². The minimum absolute atomic E-state index is 0.0318. The van der Waals surface area contributed by atoms with Gasteiger partial charge in [0.1, 0.15) is 4.90 Å². The van der Waals surface area contributed by atoms with Gasteiger partial charge in [0.25, 0.3) is 10.0 Å². The van der Waals surface area contributed by atoms with Crippen LogP contribution in [0.1, 0.15) is 10.4 Å². The third-order valence-electron chi connectivity index (χ3n) is 1.89. The summed E-state index contributed by atoms with van der Waals surface area (Å²) in [4.78, 5) is 13.0. The van der Waals surface area contributed by atoms with E-state index in [9.17, 15) is 13.2 Å². The Labute approximate surface area is 99.4 Å². The fraction of sp³-hybridized carbons (Fsp3) is 0.222. The van der Waals surface area contributed by atoms with Gasteiger partial charge in [-0.3, -0.25) is 4.79 Å². The van der Waals surface area contributed by atoms with Crippen molar-refractivity contribution in [3.05, 3.63) is 23.8 Å². The van der Waals surface area contributed by atoms with Crippen LogP contribution in [0.2, 0.25) is 0 Å². The maximum Gasteiger partial charge on any atom is 0.255 e. The molecule has 0 bridgehead atoms. The first kappa shape index (κ1) is 13.4. The number of amides is 1. The monoisotopic (exact) mass is 258 g/mol. The number of sulfonamides is 1. The molecule has 17 heavy (non-hydrogen) atoms. The summed E-state index contributed by atoms with van der Waals surface area (Å²) in [6, 6.07) is 3.77. The minimum Gasteiger partial charge on any atom is -0.398 e. The van der Waals surface area contributed by atoms with Crippen LogP contribution in [-0.4, -0.2) is 33.4 Å². The van der Waals surface area contributed by atoms with Gasteiger partial charge in [0.15, 0.2) is 0 Å². The van der Waals surface area contributed by atoms with Gasteiger partial charge in [0.2, 0.25) is 5.91 Å². The number of nitrogens with zero attached hydrogens (tertiary/aromatic N) is 1. The van der Waals surface area contributed by atoms with Crippen LogP contribution in [0.15, 0.2) is 23.1 Å². The summed E-state index contributed by atoms with van der Waals surface area (Å²) in [7, 11) is -0.667. The third kappa shape index (κ3) is 3.16. The zero-order chi connectivity index (χ0) is 13.2. The van der Waals surface area contributed by atoms with E-state index in [-0.39, 0.29) is 16.1 Å². The summed E-state index contributed by atoms with van der Waals surface area (Å²) in [5.41, 5.74) is 10.8. The van der Waals surface area contributed by atoms with Crippen LogP contribution < -0.4 is 16.3 Å². The van der Waals surface area contributed by atoms with E-state index in [1.807, 2.05) is 0 Å². The number of benzene rings is 1. The van der Waals surface area contributed by atoms with Crippen molar-refractivity contribution in [2.45, 2.75) is 4.90 Å². The molecule has 1 amide bonds. The van der Waals surface area contributed by atoms with E-state index in [1.54, 1.807) is 0 Å². The number of rotatable bonds is 4. The average Bonchev–Trinajstić information content (AvgIpc) is 2.14. The molecule has 0 unspecified atom stereocenters. The third-order valence-corrected chi connectivity index (χ3v) is 3.44. The Hall–Kier alpha value is -1.64. The first-order chi connectivity index (χ1) is 7.74. The van der Waals surface area contributed by atoms with E-state index in [4.69, 9.17) is 11.5 Å². The number of hydrogen-bond donors (Lipinski definition) is 3. The highest BCUT2D eigenvalue weighted by molar-refractivity contribution is 7.89. The standard InChI is InChI=1S/C9H14N4O3S/c1-13(2)12-17(15,16)8-4-3-6(9(11)14)5-7(8)10/h3-5,12H,10H2,1-2H3,(H2,11,14). The van der Waals surface area contributed by atoms with Crippen molar-refractivity contribution in [1.29, 1.82) is 0 Å². The summed E-state index contributed by atoms with van der Waals surface area (Å²) in [5.74, 6) is -0.666. The predicted octanol–water partition coefficient (Wildman–Crippen LogP) is -0.877. The normalized spacial score (nSPS) is 11.7. The lowest BCUT2D eigenvalue weighted by atomic mass is 10.2. The number of carbonyl (C=O) groups is 1. The molecule has 94 valence electrons. The molecule has 0 aliphatic carbocycles. The smallest absolute Gasteiger partial charge is 0.255 e. The van der Waals surface area contributed by atoms with E-state index >= 15 is 0 Å². The van der Waals surface area contributed by atoms with E-state index < -0.39 is 15.9 Å². The highest BCUT2D eigenvalue weighted by atomic mass is 32.2. The Morgan fingerprint density at radius 3 is 2.35 bits per heavy atom. The van der Waals surface area contributed by atoms with Gasteiger partial charge in [-0.15, -0.1) is 4.83 Å². The molecule has 0 spiro atoms. The first-order valence-electron chi connectivity index (χ1n) is 4.63. The number of carbonyl (C=O) groups excluding carboxylic acids is 1. The van der Waals surface area contributed by atoms with Crippen LogP contribution >= 0.6 is 0 Å². The van der Waals surface area contributed by atoms with Crippen molar-refractivity contribution in [2.75, 3.05) is 19.8 Å². The molecule has 1 aromatic carbocycles. The van der Waals surface area contributed by atoms with Crippen molar-refractivity contribution in [1.82, 2.24) is 9.84 Å². The maximum absolute atomic E-state index is 11.8. The number of nitrogens with one attached hydrogen (secondary N) is 1. The van der Waals surface area contributed by atoms with E-state index in [2.05, 4.69) is 4.83 Å². The second kappa shape index (κ2) is 4.70. The lowest BCUT2D eigenvalue weighted by molar-refractivity contribution is 0.1000. The number of primary amides is 1. The quantitative estimate of drug-likeness (QED) is 0.479. The zero-order valence-electron chi connectivity index (χ0n) is 9.47. The average molecular weight is 258 g/mol. The van der Waals surface area contributed by atoms with Crippen LogP contribution in [0.5, 0.6) is 0 Å². The van der Waals surface area contributed by atoms with Gasteiger partial charge < -0.3 is 11.5 Å². The zero-order valence-corrected chi connectivity index (χ0v) is 10.3. The number of nitrogens with two attached hydrogens (primary N) is 2. The molecule has 1 rings (SSSR count). The molecule has 5 N–H and O–H groups in total. The second-order valence-electron chi connectivity index (χ2n) is 3.61. The van der Waals surface area contributed by atoms with Crippen molar-refractivity contribution in [2.24, 2.45) is 5.73 Å². The van der Waals surface area contributed by atoms with Gasteiger partial charge in [0.05, 0.1) is 5.69 Å². The van der Waals surface area contributed by atoms with Crippen LogP contribution in [-0.2, 0) is 10.0 Å². The predicted molar refractivity (Wildman–Crippen MR) is 63.4 cm³/mol. The van der Waals surface area contributed by atoms with Crippen LogP contribution in [0.4, 0.5) is 5.69 Å². The topological polar surface area (TPSA) is 119 Å². The van der Waals surface area contributed by atoms with Crippen LogP contribution in [0.25, 0.3) is 0 Å². The molecule has 0 aliphatic heterocycles. The summed E-state index contributed by atoms with van der Waals surface area (Å²) in [6.45, 7) is 0. The first-order valence-corrected chi connectivity index (χ1v) is 6.11. The molecule has 8 heteroatoms. The molecule has 0 aromatic heterocycles. The molecule has 0 saturated heterocycles. The largest absolute Gasteiger partial charge is 0.398 e. The Kier molecular flexibility index (Phi) is 3.71. The molecule has 0 heterocycles. The van der Waals surface area contributed by atoms with Gasteiger partial charge in [0, 0.05) is 19.7 Å². The molecular formula is C9H14N4O3S. The summed E-state index contributed by atoms with van der Waals surface area (Å²) in [6.07, 6.45) is 0. The highest BCUT2D eigenvalue weighted by Gasteiger charge is 2.18. The SMILES string of the molecule is CN(C)NS(=O)(=O)c1ccc(C(N)=O)cc1N. The molecule has 7 nitrogen and oxygen atoms in total. The number of anilines is 1. The molecule has 0 saturated carbocycles. The lowest BCUT2D eigenvalue weighted by Crippen LogP contribution is -2.36. The molecule has 0 atom stereocenters. The fourth-order valence-electron chi connectivity index (χ4n) is 1.24. The van der Waals surface area contributed by atoms with Gasteiger partial charge >= 0.3 is 0 Å². The van der Waals surface area contributed by atoms with E-state index in [1.165, 1.54) is 37.3 Å². The van der Waals surface area contributed by atoms with Crippen LogP contribution in [0.3, 0.4) is 0 Å². The Morgan fingerprint density at radius 1 is 1.35 bits per heavy atom. The Balaban J connectivity index is 3.21. The lowest BCUT2D eigenvalue weighted by Gasteiger charge is -2.14. The summed E-state index contributed by atoms with van der Waals surface area (Å²) >= 11 is 0. The highest BCUT2D eigenvalue weighted by Crippen LogP contribution is 2.19. The number of hydrazine groups is 1. The van der Waals surface area contributed by atoms with Crippen molar-refractivity contribution < 1.29 is 13.2 Å². The van der Waals surface area contributed by atoms with E-state index in [0.717, 1.165) is 0 Å². The number of hydrogen-bond acceptors (Lipinski definition) is 5. The number of nitrogen functional groups attached to an aromatic ring is 1. The fourth-order valence-corrected chi connectivity index (χ4v) is 2.43. The Morgan fingerprint density at radius 2 is 1.94 bits per heavy atom. The van der Waals surface area contributed by atoms with Gasteiger partial charge in [-0.05, 0) is 18.2 Å². The van der Waals surface area contributed by atoms with E-state index in [0.29, 0.717) is 0 Å². The molecule has 0 fully saturated rings. The molecule has 1 aromatic rings. The molecule has 0 aliphatic rings.